The maximum absolute atomic E-state index is 9.18. The highest BCUT2D eigenvalue weighted by atomic mass is 16.3. The molecule has 0 aliphatic carbocycles. The molecule has 0 bridgehead atoms. The van der Waals surface area contributed by atoms with Crippen molar-refractivity contribution in [3.05, 3.63) is 18.1 Å². The molecule has 4 N–H and O–H groups in total. The first kappa shape index (κ1) is 11.9. The van der Waals surface area contributed by atoms with Gasteiger partial charge in [0.05, 0.1) is 18.3 Å². The van der Waals surface area contributed by atoms with Crippen molar-refractivity contribution < 1.29 is 5.11 Å². The van der Waals surface area contributed by atoms with Crippen molar-refractivity contribution >= 4 is 5.82 Å². The minimum Gasteiger partial charge on any atom is -0.394 e. The third-order valence-electron chi connectivity index (χ3n) is 2.29. The monoisotopic (exact) mass is 210 g/mol. The lowest BCUT2D eigenvalue weighted by molar-refractivity contribution is 0.249. The number of hydrogen-bond acceptors (Lipinski definition) is 5. The zero-order valence-corrected chi connectivity index (χ0v) is 9.14. The molecule has 0 saturated carbocycles. The second kappa shape index (κ2) is 5.63. The molecule has 0 unspecified atom stereocenters. The molecular weight excluding hydrogens is 192 g/mol. The van der Waals surface area contributed by atoms with Crippen LogP contribution in [0.15, 0.2) is 12.4 Å². The highest BCUT2D eigenvalue weighted by molar-refractivity contribution is 5.40. The summed E-state index contributed by atoms with van der Waals surface area (Å²) in [6.45, 7) is 4.48. The van der Waals surface area contributed by atoms with E-state index in [1.165, 1.54) is 0 Å². The summed E-state index contributed by atoms with van der Waals surface area (Å²) < 4.78 is 0. The molecule has 15 heavy (non-hydrogen) atoms. The summed E-state index contributed by atoms with van der Waals surface area (Å²) in [5, 5.41) is 12.3. The van der Waals surface area contributed by atoms with Gasteiger partial charge in [-0.1, -0.05) is 13.8 Å². The lowest BCUT2D eigenvalue weighted by Gasteiger charge is -2.21. The van der Waals surface area contributed by atoms with Crippen molar-refractivity contribution in [1.29, 1.82) is 0 Å². The van der Waals surface area contributed by atoms with Crippen LogP contribution in [0.5, 0.6) is 0 Å². The summed E-state index contributed by atoms with van der Waals surface area (Å²) in [5.41, 5.74) is 6.26. The summed E-state index contributed by atoms with van der Waals surface area (Å²) in [5.74, 6) is 0.982. The molecule has 0 aromatic carbocycles. The Morgan fingerprint density at radius 1 is 1.40 bits per heavy atom. The number of aromatic nitrogens is 2. The Balaban J connectivity index is 2.78. The standard InChI is InChI=1S/C10H18N4O/c1-7(2)9(6-15)14-10-8(5-11)12-3-4-13-10/h3-4,7,9,15H,5-6,11H2,1-2H3,(H,13,14)/t9-/m1/s1. The predicted octanol–water partition coefficient (Wildman–Crippen LogP) is 0.364. The van der Waals surface area contributed by atoms with E-state index in [9.17, 15) is 5.11 Å². The maximum atomic E-state index is 9.18. The van der Waals surface area contributed by atoms with Gasteiger partial charge in [0.2, 0.25) is 0 Å². The number of nitrogens with zero attached hydrogens (tertiary/aromatic N) is 2. The van der Waals surface area contributed by atoms with Crippen molar-refractivity contribution in [3.8, 4) is 0 Å². The van der Waals surface area contributed by atoms with Gasteiger partial charge in [0.1, 0.15) is 5.82 Å². The van der Waals surface area contributed by atoms with Crippen LogP contribution in [0, 0.1) is 5.92 Å². The summed E-state index contributed by atoms with van der Waals surface area (Å²) in [4.78, 5) is 8.27. The van der Waals surface area contributed by atoms with E-state index < -0.39 is 0 Å². The smallest absolute Gasteiger partial charge is 0.149 e. The number of hydrogen-bond donors (Lipinski definition) is 3. The largest absolute Gasteiger partial charge is 0.394 e. The molecule has 0 saturated heterocycles. The Labute approximate surface area is 89.7 Å². The first-order chi connectivity index (χ1) is 7.19. The van der Waals surface area contributed by atoms with Gasteiger partial charge in [-0.25, -0.2) is 4.98 Å². The molecule has 1 heterocycles. The van der Waals surface area contributed by atoms with E-state index in [1.807, 2.05) is 13.8 Å². The number of aliphatic hydroxyl groups is 1. The normalized spacial score (nSPS) is 12.9. The van der Waals surface area contributed by atoms with Gasteiger partial charge in [0.15, 0.2) is 0 Å². The average Bonchev–Trinajstić information content (AvgIpc) is 2.25. The third-order valence-corrected chi connectivity index (χ3v) is 2.29. The molecule has 0 aliphatic rings. The van der Waals surface area contributed by atoms with Crippen LogP contribution in [0.3, 0.4) is 0 Å². The Bertz CT molecular complexity index is 303. The van der Waals surface area contributed by atoms with Crippen molar-refractivity contribution in [2.24, 2.45) is 11.7 Å². The van der Waals surface area contributed by atoms with E-state index in [0.717, 1.165) is 5.69 Å². The zero-order valence-electron chi connectivity index (χ0n) is 9.14. The van der Waals surface area contributed by atoms with Crippen molar-refractivity contribution in [1.82, 2.24) is 9.97 Å². The maximum Gasteiger partial charge on any atom is 0.149 e. The highest BCUT2D eigenvalue weighted by Crippen LogP contribution is 2.12. The Morgan fingerprint density at radius 3 is 2.60 bits per heavy atom. The lowest BCUT2D eigenvalue weighted by Crippen LogP contribution is -2.30. The zero-order chi connectivity index (χ0) is 11.3. The molecular formula is C10H18N4O. The molecule has 84 valence electrons. The van der Waals surface area contributed by atoms with E-state index in [-0.39, 0.29) is 12.6 Å². The average molecular weight is 210 g/mol. The molecule has 0 radical (unpaired) electrons. The fraction of sp³-hybridized carbons (Fsp3) is 0.600. The number of anilines is 1. The summed E-state index contributed by atoms with van der Waals surface area (Å²) in [7, 11) is 0. The summed E-state index contributed by atoms with van der Waals surface area (Å²) in [6, 6.07) is -0.0213. The first-order valence-electron chi connectivity index (χ1n) is 5.06. The van der Waals surface area contributed by atoms with Crippen LogP contribution in [0.4, 0.5) is 5.82 Å². The van der Waals surface area contributed by atoms with Gasteiger partial charge in [-0.3, -0.25) is 4.98 Å². The molecule has 1 aromatic rings. The summed E-state index contributed by atoms with van der Waals surface area (Å²) in [6.07, 6.45) is 3.22. The van der Waals surface area contributed by atoms with E-state index in [4.69, 9.17) is 5.73 Å². The van der Waals surface area contributed by atoms with Crippen molar-refractivity contribution in [2.75, 3.05) is 11.9 Å². The van der Waals surface area contributed by atoms with Crippen molar-refractivity contribution in [2.45, 2.75) is 26.4 Å². The van der Waals surface area contributed by atoms with Crippen LogP contribution in [-0.2, 0) is 6.54 Å². The van der Waals surface area contributed by atoms with E-state index in [1.54, 1.807) is 12.4 Å². The molecule has 0 fully saturated rings. The van der Waals surface area contributed by atoms with Gasteiger partial charge in [-0.05, 0) is 5.92 Å². The third kappa shape index (κ3) is 3.14. The molecule has 5 nitrogen and oxygen atoms in total. The van der Waals surface area contributed by atoms with Crippen LogP contribution >= 0.6 is 0 Å². The second-order valence-corrected chi connectivity index (χ2v) is 3.73. The van der Waals surface area contributed by atoms with E-state index in [0.29, 0.717) is 18.3 Å². The van der Waals surface area contributed by atoms with E-state index >= 15 is 0 Å². The second-order valence-electron chi connectivity index (χ2n) is 3.73. The fourth-order valence-electron chi connectivity index (χ4n) is 1.24. The van der Waals surface area contributed by atoms with Crippen LogP contribution in [0.2, 0.25) is 0 Å². The molecule has 0 spiro atoms. The molecule has 5 heteroatoms. The van der Waals surface area contributed by atoms with Crippen LogP contribution in [-0.4, -0.2) is 27.7 Å². The molecule has 1 rings (SSSR count). The molecule has 0 aliphatic heterocycles. The van der Waals surface area contributed by atoms with Gasteiger partial charge < -0.3 is 16.2 Å². The Hall–Kier alpha value is -1.20. The number of nitrogens with one attached hydrogen (secondary N) is 1. The topological polar surface area (TPSA) is 84.1 Å². The molecule has 1 aromatic heterocycles. The first-order valence-corrected chi connectivity index (χ1v) is 5.06. The predicted molar refractivity (Wildman–Crippen MR) is 59.3 cm³/mol. The fourth-order valence-corrected chi connectivity index (χ4v) is 1.24. The quantitative estimate of drug-likeness (QED) is 0.653. The van der Waals surface area contributed by atoms with Gasteiger partial charge in [-0.15, -0.1) is 0 Å². The molecule has 1 atom stereocenters. The lowest BCUT2D eigenvalue weighted by atomic mass is 10.1. The van der Waals surface area contributed by atoms with Gasteiger partial charge in [-0.2, -0.15) is 0 Å². The SMILES string of the molecule is CC(C)[C@@H](CO)Nc1nccnc1CN. The van der Waals surface area contributed by atoms with Gasteiger partial charge in [0.25, 0.3) is 0 Å². The van der Waals surface area contributed by atoms with Crippen LogP contribution in [0.25, 0.3) is 0 Å². The highest BCUT2D eigenvalue weighted by Gasteiger charge is 2.14. The molecule has 0 amide bonds. The van der Waals surface area contributed by atoms with E-state index in [2.05, 4.69) is 15.3 Å². The minimum atomic E-state index is -0.0213. The summed E-state index contributed by atoms with van der Waals surface area (Å²) >= 11 is 0. The van der Waals surface area contributed by atoms with Crippen molar-refractivity contribution in [3.63, 3.8) is 0 Å². The van der Waals surface area contributed by atoms with Crippen LogP contribution in [0.1, 0.15) is 19.5 Å². The van der Waals surface area contributed by atoms with Gasteiger partial charge >= 0.3 is 0 Å². The minimum absolute atomic E-state index is 0.0213. The van der Waals surface area contributed by atoms with Gasteiger partial charge in [0, 0.05) is 18.9 Å². The Morgan fingerprint density at radius 2 is 2.07 bits per heavy atom. The number of rotatable bonds is 5. The number of nitrogens with two attached hydrogens (primary N) is 1. The van der Waals surface area contributed by atoms with Crippen LogP contribution < -0.4 is 11.1 Å². The Kier molecular flexibility index (Phi) is 4.45. The number of aliphatic hydroxyl groups excluding tert-OH is 1.